The SMILES string of the molecule is O=c1[nH]c(CCl)c(C(F)(F)F)c(=O)[nH]1. The average molecular weight is 229 g/mol. The van der Waals surface area contributed by atoms with E-state index in [0.717, 1.165) is 0 Å². The Morgan fingerprint density at radius 3 is 2.21 bits per heavy atom. The highest BCUT2D eigenvalue weighted by Gasteiger charge is 2.37. The van der Waals surface area contributed by atoms with Gasteiger partial charge >= 0.3 is 11.9 Å². The van der Waals surface area contributed by atoms with Gasteiger partial charge in [0.25, 0.3) is 5.56 Å². The third-order valence-electron chi connectivity index (χ3n) is 1.44. The van der Waals surface area contributed by atoms with Gasteiger partial charge < -0.3 is 4.98 Å². The van der Waals surface area contributed by atoms with E-state index in [-0.39, 0.29) is 0 Å². The summed E-state index contributed by atoms with van der Waals surface area (Å²) in [6.45, 7) is 0. The van der Waals surface area contributed by atoms with Crippen molar-refractivity contribution in [1.82, 2.24) is 9.97 Å². The van der Waals surface area contributed by atoms with Gasteiger partial charge in [-0.05, 0) is 0 Å². The number of halogens is 4. The van der Waals surface area contributed by atoms with Gasteiger partial charge in [-0.15, -0.1) is 11.6 Å². The van der Waals surface area contributed by atoms with Crippen LogP contribution in [0.3, 0.4) is 0 Å². The highest BCUT2D eigenvalue weighted by molar-refractivity contribution is 6.17. The van der Waals surface area contributed by atoms with Crippen molar-refractivity contribution in [3.63, 3.8) is 0 Å². The van der Waals surface area contributed by atoms with Gasteiger partial charge in [-0.3, -0.25) is 9.78 Å². The number of rotatable bonds is 1. The van der Waals surface area contributed by atoms with Crippen molar-refractivity contribution >= 4 is 11.6 Å². The molecule has 2 N–H and O–H groups in total. The zero-order chi connectivity index (χ0) is 10.9. The molecular formula is C6H4ClF3N2O2. The van der Waals surface area contributed by atoms with E-state index >= 15 is 0 Å². The normalized spacial score (nSPS) is 11.7. The van der Waals surface area contributed by atoms with Crippen LogP contribution in [0.4, 0.5) is 13.2 Å². The smallest absolute Gasteiger partial charge is 0.309 e. The third kappa shape index (κ3) is 1.98. The first kappa shape index (κ1) is 10.8. The molecule has 14 heavy (non-hydrogen) atoms. The van der Waals surface area contributed by atoms with Crippen molar-refractivity contribution < 1.29 is 13.2 Å². The summed E-state index contributed by atoms with van der Waals surface area (Å²) in [6.07, 6.45) is -4.83. The summed E-state index contributed by atoms with van der Waals surface area (Å²) in [6, 6.07) is 0. The minimum Gasteiger partial charge on any atom is -0.309 e. The van der Waals surface area contributed by atoms with Crippen molar-refractivity contribution in [2.45, 2.75) is 12.1 Å². The first-order valence-corrected chi connectivity index (χ1v) is 3.88. The highest BCUT2D eigenvalue weighted by atomic mass is 35.5. The van der Waals surface area contributed by atoms with Gasteiger partial charge in [-0.25, -0.2) is 4.79 Å². The van der Waals surface area contributed by atoms with Crippen LogP contribution >= 0.6 is 11.6 Å². The number of alkyl halides is 4. The van der Waals surface area contributed by atoms with Gasteiger partial charge in [0.2, 0.25) is 0 Å². The van der Waals surface area contributed by atoms with E-state index in [1.54, 1.807) is 0 Å². The van der Waals surface area contributed by atoms with Crippen molar-refractivity contribution in [2.75, 3.05) is 0 Å². The molecule has 0 aliphatic rings. The standard InChI is InChI=1S/C6H4ClF3N2O2/c7-1-2-3(6(8,9)10)4(13)12-5(14)11-2/h1H2,(H2,11,12,13,14). The van der Waals surface area contributed by atoms with Crippen LogP contribution in [-0.2, 0) is 12.1 Å². The molecule has 4 nitrogen and oxygen atoms in total. The summed E-state index contributed by atoms with van der Waals surface area (Å²) < 4.78 is 36.7. The van der Waals surface area contributed by atoms with E-state index in [1.165, 1.54) is 4.98 Å². The van der Waals surface area contributed by atoms with Gasteiger partial charge in [0.1, 0.15) is 5.56 Å². The number of hydrogen-bond donors (Lipinski definition) is 2. The van der Waals surface area contributed by atoms with Gasteiger partial charge in [0, 0.05) is 0 Å². The summed E-state index contributed by atoms with van der Waals surface area (Å²) >= 11 is 5.16. The lowest BCUT2D eigenvalue weighted by molar-refractivity contribution is -0.139. The molecule has 0 saturated heterocycles. The molecule has 0 saturated carbocycles. The van der Waals surface area contributed by atoms with Crippen LogP contribution in [0, 0.1) is 0 Å². The molecule has 78 valence electrons. The summed E-state index contributed by atoms with van der Waals surface area (Å²) in [7, 11) is 0. The first-order valence-electron chi connectivity index (χ1n) is 3.35. The predicted octanol–water partition coefficient (Wildman–Crippen LogP) is 0.821. The van der Waals surface area contributed by atoms with E-state index < -0.39 is 34.6 Å². The van der Waals surface area contributed by atoms with E-state index in [4.69, 9.17) is 11.6 Å². The van der Waals surface area contributed by atoms with Crippen LogP contribution in [0.5, 0.6) is 0 Å². The Balaban J connectivity index is 3.57. The molecule has 0 spiro atoms. The predicted molar refractivity (Wildman–Crippen MR) is 42.2 cm³/mol. The van der Waals surface area contributed by atoms with Crippen molar-refractivity contribution in [2.24, 2.45) is 0 Å². The summed E-state index contributed by atoms with van der Waals surface area (Å²) in [5, 5.41) is 0. The molecule has 0 aromatic carbocycles. The van der Waals surface area contributed by atoms with Crippen LogP contribution in [-0.4, -0.2) is 9.97 Å². The van der Waals surface area contributed by atoms with Crippen LogP contribution in [0.2, 0.25) is 0 Å². The van der Waals surface area contributed by atoms with E-state index in [2.05, 4.69) is 0 Å². The lowest BCUT2D eigenvalue weighted by atomic mass is 10.2. The Bertz CT molecular complexity index is 448. The quantitative estimate of drug-likeness (QED) is 0.699. The largest absolute Gasteiger partial charge is 0.423 e. The zero-order valence-corrected chi connectivity index (χ0v) is 7.29. The molecule has 1 rings (SSSR count). The lowest BCUT2D eigenvalue weighted by Crippen LogP contribution is -2.32. The first-order chi connectivity index (χ1) is 6.36. The third-order valence-corrected chi connectivity index (χ3v) is 1.70. The van der Waals surface area contributed by atoms with Crippen molar-refractivity contribution in [1.29, 1.82) is 0 Å². The lowest BCUT2D eigenvalue weighted by Gasteiger charge is -2.08. The molecular weight excluding hydrogens is 225 g/mol. The summed E-state index contributed by atoms with van der Waals surface area (Å²) in [5.74, 6) is -0.589. The Morgan fingerprint density at radius 1 is 1.21 bits per heavy atom. The van der Waals surface area contributed by atoms with Crippen LogP contribution < -0.4 is 11.2 Å². The minimum absolute atomic E-state index is 0.589. The molecule has 0 aliphatic heterocycles. The number of hydrogen-bond acceptors (Lipinski definition) is 2. The van der Waals surface area contributed by atoms with E-state index in [0.29, 0.717) is 0 Å². The zero-order valence-electron chi connectivity index (χ0n) is 6.54. The molecule has 8 heteroatoms. The molecule has 0 atom stereocenters. The number of aromatic amines is 2. The van der Waals surface area contributed by atoms with Gasteiger partial charge in [-0.2, -0.15) is 13.2 Å². The van der Waals surface area contributed by atoms with Crippen LogP contribution in [0.15, 0.2) is 9.59 Å². The number of aromatic nitrogens is 2. The van der Waals surface area contributed by atoms with E-state index in [9.17, 15) is 22.8 Å². The van der Waals surface area contributed by atoms with Crippen LogP contribution in [0.25, 0.3) is 0 Å². The van der Waals surface area contributed by atoms with Crippen LogP contribution in [0.1, 0.15) is 11.3 Å². The molecule has 0 aliphatic carbocycles. The fourth-order valence-electron chi connectivity index (χ4n) is 0.933. The van der Waals surface area contributed by atoms with E-state index in [1.807, 2.05) is 4.98 Å². The average Bonchev–Trinajstić information content (AvgIpc) is 1.99. The monoisotopic (exact) mass is 228 g/mol. The van der Waals surface area contributed by atoms with Crippen molar-refractivity contribution in [3.8, 4) is 0 Å². The van der Waals surface area contributed by atoms with Gasteiger partial charge in [0.05, 0.1) is 11.6 Å². The highest BCUT2D eigenvalue weighted by Crippen LogP contribution is 2.28. The molecule has 0 bridgehead atoms. The second-order valence-electron chi connectivity index (χ2n) is 2.39. The summed E-state index contributed by atoms with van der Waals surface area (Å²) in [5.41, 5.74) is -4.60. The fraction of sp³-hybridized carbons (Fsp3) is 0.333. The molecule has 1 heterocycles. The fourth-order valence-corrected chi connectivity index (χ4v) is 1.13. The molecule has 0 radical (unpaired) electrons. The second-order valence-corrected chi connectivity index (χ2v) is 2.66. The Labute approximate surface area is 79.7 Å². The topological polar surface area (TPSA) is 65.7 Å². The number of H-pyrrole nitrogens is 2. The van der Waals surface area contributed by atoms with Gasteiger partial charge in [0.15, 0.2) is 0 Å². The number of nitrogens with one attached hydrogen (secondary N) is 2. The molecule has 1 aromatic heterocycles. The molecule has 0 unspecified atom stereocenters. The van der Waals surface area contributed by atoms with Gasteiger partial charge in [-0.1, -0.05) is 0 Å². The minimum atomic E-state index is -4.83. The molecule has 0 amide bonds. The second kappa shape index (κ2) is 3.49. The Hall–Kier alpha value is -1.24. The maximum Gasteiger partial charge on any atom is 0.423 e. The molecule has 1 aromatic rings. The maximum atomic E-state index is 12.2. The Kier molecular flexibility index (Phi) is 2.70. The Morgan fingerprint density at radius 2 is 1.79 bits per heavy atom. The van der Waals surface area contributed by atoms with Crippen molar-refractivity contribution in [3.05, 3.63) is 32.1 Å². The molecule has 0 fully saturated rings. The summed E-state index contributed by atoms with van der Waals surface area (Å²) in [4.78, 5) is 24.7. The maximum absolute atomic E-state index is 12.2.